The van der Waals surface area contributed by atoms with E-state index in [1.807, 2.05) is 18.2 Å². The van der Waals surface area contributed by atoms with E-state index in [0.717, 1.165) is 12.3 Å². The van der Waals surface area contributed by atoms with Crippen LogP contribution in [-0.2, 0) is 12.7 Å². The van der Waals surface area contributed by atoms with Gasteiger partial charge in [-0.2, -0.15) is 18.3 Å². The van der Waals surface area contributed by atoms with Crippen LogP contribution in [0.2, 0.25) is 0 Å². The molecule has 5 rings (SSSR count). The summed E-state index contributed by atoms with van der Waals surface area (Å²) in [5.41, 5.74) is 0.728. The summed E-state index contributed by atoms with van der Waals surface area (Å²) < 4.78 is 47.3. The Labute approximate surface area is 184 Å². The number of benzene rings is 1. The quantitative estimate of drug-likeness (QED) is 0.433. The predicted octanol–water partition coefficient (Wildman–Crippen LogP) is 4.12. The summed E-state index contributed by atoms with van der Waals surface area (Å²) in [5, 5.41) is 14.9. The van der Waals surface area contributed by atoms with Gasteiger partial charge in [0.25, 0.3) is 5.91 Å². The number of aromatic nitrogens is 5. The molecule has 0 radical (unpaired) electrons. The van der Waals surface area contributed by atoms with Gasteiger partial charge in [0, 0.05) is 12.3 Å². The predicted molar refractivity (Wildman–Crippen MR) is 110 cm³/mol. The molecule has 0 atom stereocenters. The van der Waals surface area contributed by atoms with Crippen molar-refractivity contribution >= 4 is 11.6 Å². The number of carbonyl (C=O) groups is 1. The molecular formula is C22H15F3N6O2. The highest BCUT2D eigenvalue weighted by molar-refractivity contribution is 5.94. The molecule has 0 bridgehead atoms. The summed E-state index contributed by atoms with van der Waals surface area (Å²) in [6, 6.07) is 16.2. The Hall–Kier alpha value is -4.41. The van der Waals surface area contributed by atoms with E-state index in [4.69, 9.17) is 4.42 Å². The second kappa shape index (κ2) is 7.93. The van der Waals surface area contributed by atoms with Gasteiger partial charge in [0.05, 0.1) is 24.1 Å². The highest BCUT2D eigenvalue weighted by Gasteiger charge is 2.31. The van der Waals surface area contributed by atoms with E-state index >= 15 is 0 Å². The van der Waals surface area contributed by atoms with Gasteiger partial charge >= 0.3 is 6.18 Å². The van der Waals surface area contributed by atoms with Gasteiger partial charge in [-0.05, 0) is 36.4 Å². The third-order valence-corrected chi connectivity index (χ3v) is 4.92. The number of alkyl halides is 3. The molecule has 4 aromatic heterocycles. The Morgan fingerprint density at radius 2 is 1.85 bits per heavy atom. The number of pyridine rings is 1. The fourth-order valence-electron chi connectivity index (χ4n) is 3.33. The zero-order chi connectivity index (χ0) is 23.0. The number of halogens is 3. The van der Waals surface area contributed by atoms with Crippen LogP contribution >= 0.6 is 0 Å². The molecule has 0 saturated heterocycles. The lowest BCUT2D eigenvalue weighted by molar-refractivity contribution is -0.137. The highest BCUT2D eigenvalue weighted by Crippen LogP contribution is 2.29. The van der Waals surface area contributed by atoms with Gasteiger partial charge in [-0.15, -0.1) is 10.2 Å². The number of amides is 1. The number of furan rings is 1. The smallest absolute Gasteiger partial charge is 0.417 e. The third kappa shape index (κ3) is 3.95. The molecular weight excluding hydrogens is 437 g/mol. The Kier molecular flexibility index (Phi) is 4.93. The van der Waals surface area contributed by atoms with Gasteiger partial charge in [0.1, 0.15) is 11.4 Å². The molecule has 0 aliphatic rings. The van der Waals surface area contributed by atoms with E-state index in [1.165, 1.54) is 21.4 Å². The second-order valence-electron chi connectivity index (χ2n) is 7.08. The van der Waals surface area contributed by atoms with Gasteiger partial charge in [0.15, 0.2) is 17.2 Å². The monoisotopic (exact) mass is 452 g/mol. The van der Waals surface area contributed by atoms with E-state index in [1.54, 1.807) is 30.3 Å². The van der Waals surface area contributed by atoms with Crippen molar-refractivity contribution in [1.82, 2.24) is 29.7 Å². The van der Waals surface area contributed by atoms with E-state index in [2.05, 4.69) is 20.6 Å². The van der Waals surface area contributed by atoms with Gasteiger partial charge < -0.3 is 9.73 Å². The van der Waals surface area contributed by atoms with Crippen LogP contribution in [0.5, 0.6) is 0 Å². The first kappa shape index (κ1) is 20.5. The lowest BCUT2D eigenvalue weighted by Gasteiger charge is -2.09. The van der Waals surface area contributed by atoms with Crippen molar-refractivity contribution < 1.29 is 22.4 Å². The molecule has 0 fully saturated rings. The van der Waals surface area contributed by atoms with Gasteiger partial charge in [-0.3, -0.25) is 9.20 Å². The van der Waals surface area contributed by atoms with Gasteiger partial charge in [-0.1, -0.05) is 18.2 Å². The van der Waals surface area contributed by atoms with Crippen LogP contribution in [0.1, 0.15) is 21.9 Å². The van der Waals surface area contributed by atoms with Gasteiger partial charge in [-0.25, -0.2) is 4.68 Å². The molecule has 0 aliphatic heterocycles. The molecule has 0 unspecified atom stereocenters. The van der Waals surface area contributed by atoms with Crippen LogP contribution < -0.4 is 5.32 Å². The maximum atomic E-state index is 13.1. The lowest BCUT2D eigenvalue weighted by atomic mass is 10.2. The van der Waals surface area contributed by atoms with Crippen LogP contribution in [0, 0.1) is 0 Å². The fourth-order valence-corrected chi connectivity index (χ4v) is 3.33. The van der Waals surface area contributed by atoms with Gasteiger partial charge in [0.2, 0.25) is 0 Å². The third-order valence-electron chi connectivity index (χ3n) is 4.92. The minimum atomic E-state index is -4.51. The molecule has 166 valence electrons. The van der Waals surface area contributed by atoms with Crippen molar-refractivity contribution in [3.8, 4) is 17.1 Å². The molecule has 0 spiro atoms. The standard InChI is InChI=1S/C22H15F3N6O2/c23-22(24,25)14-8-9-19-27-28-20(30(19)13-14)12-26-21(32)17-11-16(18-7-4-10-33-18)29-31(17)15-5-2-1-3-6-15/h1-11,13H,12H2,(H,26,32). The van der Waals surface area contributed by atoms with Crippen molar-refractivity contribution in [1.29, 1.82) is 0 Å². The number of nitrogens with zero attached hydrogens (tertiary/aromatic N) is 5. The Balaban J connectivity index is 1.45. The molecule has 1 N–H and O–H groups in total. The fraction of sp³-hybridized carbons (Fsp3) is 0.0909. The zero-order valence-corrected chi connectivity index (χ0v) is 16.8. The number of nitrogens with one attached hydrogen (secondary N) is 1. The zero-order valence-electron chi connectivity index (χ0n) is 16.8. The molecule has 33 heavy (non-hydrogen) atoms. The number of para-hydroxylation sites is 1. The number of fused-ring (bicyclic) bond motifs is 1. The average molecular weight is 452 g/mol. The maximum absolute atomic E-state index is 13.1. The van der Waals surface area contributed by atoms with Crippen LogP contribution in [0.4, 0.5) is 13.2 Å². The first-order chi connectivity index (χ1) is 15.9. The summed E-state index contributed by atoms with van der Waals surface area (Å²) >= 11 is 0. The molecule has 8 nitrogen and oxygen atoms in total. The van der Waals surface area contributed by atoms with Crippen molar-refractivity contribution in [3.05, 3.63) is 90.2 Å². The number of hydrogen-bond acceptors (Lipinski definition) is 5. The number of rotatable bonds is 5. The minimum absolute atomic E-state index is 0.142. The van der Waals surface area contributed by atoms with Crippen LogP contribution in [0.3, 0.4) is 0 Å². The van der Waals surface area contributed by atoms with Crippen molar-refractivity contribution in [2.45, 2.75) is 12.7 Å². The van der Waals surface area contributed by atoms with Crippen molar-refractivity contribution in [2.75, 3.05) is 0 Å². The summed E-state index contributed by atoms with van der Waals surface area (Å²) in [5.74, 6) is 0.149. The molecule has 1 aromatic carbocycles. The molecule has 4 heterocycles. The van der Waals surface area contributed by atoms with Crippen molar-refractivity contribution in [2.24, 2.45) is 0 Å². The molecule has 0 saturated carbocycles. The Morgan fingerprint density at radius 3 is 2.58 bits per heavy atom. The van der Waals surface area contributed by atoms with Crippen molar-refractivity contribution in [3.63, 3.8) is 0 Å². The molecule has 1 amide bonds. The number of carbonyl (C=O) groups excluding carboxylic acids is 1. The molecule has 11 heteroatoms. The van der Waals surface area contributed by atoms with Crippen LogP contribution in [0.25, 0.3) is 22.8 Å². The molecule has 5 aromatic rings. The maximum Gasteiger partial charge on any atom is 0.417 e. The average Bonchev–Trinajstić information content (AvgIpc) is 3.56. The van der Waals surface area contributed by atoms with Crippen LogP contribution in [-0.4, -0.2) is 30.3 Å². The Morgan fingerprint density at radius 1 is 1.03 bits per heavy atom. The topological polar surface area (TPSA) is 90.2 Å². The van der Waals surface area contributed by atoms with E-state index < -0.39 is 17.6 Å². The molecule has 0 aliphatic carbocycles. The summed E-state index contributed by atoms with van der Waals surface area (Å²) in [6.45, 7) is -0.142. The first-order valence-corrected chi connectivity index (χ1v) is 9.78. The Bertz CT molecular complexity index is 1420. The second-order valence-corrected chi connectivity index (χ2v) is 7.08. The summed E-state index contributed by atoms with van der Waals surface area (Å²) in [4.78, 5) is 13.0. The largest absolute Gasteiger partial charge is 0.463 e. The van der Waals surface area contributed by atoms with E-state index in [0.29, 0.717) is 17.1 Å². The minimum Gasteiger partial charge on any atom is -0.463 e. The normalized spacial score (nSPS) is 11.7. The first-order valence-electron chi connectivity index (χ1n) is 9.78. The summed E-state index contributed by atoms with van der Waals surface area (Å²) in [6.07, 6.45) is -2.11. The lowest BCUT2D eigenvalue weighted by Crippen LogP contribution is -2.26. The van der Waals surface area contributed by atoms with E-state index in [-0.39, 0.29) is 23.7 Å². The SMILES string of the molecule is O=C(NCc1nnc2ccc(C(F)(F)F)cn12)c1cc(-c2ccco2)nn1-c1ccccc1. The number of hydrogen-bond donors (Lipinski definition) is 1. The van der Waals surface area contributed by atoms with Crippen LogP contribution in [0.15, 0.2) is 77.5 Å². The summed E-state index contributed by atoms with van der Waals surface area (Å²) in [7, 11) is 0. The van der Waals surface area contributed by atoms with E-state index in [9.17, 15) is 18.0 Å². The highest BCUT2D eigenvalue weighted by atomic mass is 19.4.